The van der Waals surface area contributed by atoms with E-state index in [4.69, 9.17) is 10.5 Å². The van der Waals surface area contributed by atoms with Gasteiger partial charge in [-0.1, -0.05) is 13.0 Å². The summed E-state index contributed by atoms with van der Waals surface area (Å²) in [5.41, 5.74) is 9.30. The van der Waals surface area contributed by atoms with Crippen LogP contribution < -0.4 is 5.73 Å². The van der Waals surface area contributed by atoms with Crippen molar-refractivity contribution in [3.63, 3.8) is 0 Å². The number of pyridine rings is 1. The highest BCUT2D eigenvalue weighted by Gasteiger charge is 2.23. The summed E-state index contributed by atoms with van der Waals surface area (Å²) in [6, 6.07) is 8.13. The van der Waals surface area contributed by atoms with E-state index < -0.39 is 5.82 Å². The Morgan fingerprint density at radius 1 is 1.13 bits per heavy atom. The molecule has 3 heterocycles. The molecule has 8 heteroatoms. The number of halogens is 1. The predicted octanol–water partition coefficient (Wildman–Crippen LogP) is 2.96. The zero-order valence-electron chi connectivity index (χ0n) is 16.6. The van der Waals surface area contributed by atoms with Crippen LogP contribution in [-0.2, 0) is 11.2 Å². The Morgan fingerprint density at radius 3 is 2.57 bits per heavy atom. The Bertz CT molecular complexity index is 1070. The Labute approximate surface area is 173 Å². The van der Waals surface area contributed by atoms with Crippen LogP contribution in [-0.4, -0.2) is 52.1 Å². The number of nitrogens with two attached hydrogens (primary N) is 1. The maximum absolute atomic E-state index is 15.0. The SMILES string of the molecule is CCc1ncnc(-c2ccc(C(=O)N3CCOCC3)c(F)c2)c1-c1ccc(N)nc1. The molecular weight excluding hydrogens is 385 g/mol. The van der Waals surface area contributed by atoms with Gasteiger partial charge in [-0.2, -0.15) is 0 Å². The number of aryl methyl sites for hydroxylation is 1. The third-order valence-electron chi connectivity index (χ3n) is 5.11. The molecule has 3 aromatic rings. The lowest BCUT2D eigenvalue weighted by Crippen LogP contribution is -2.41. The largest absolute Gasteiger partial charge is 0.384 e. The number of rotatable bonds is 4. The number of carbonyl (C=O) groups is 1. The van der Waals surface area contributed by atoms with Crippen molar-refractivity contribution in [2.24, 2.45) is 0 Å². The number of hydrogen-bond acceptors (Lipinski definition) is 6. The number of carbonyl (C=O) groups excluding carboxylic acids is 1. The third kappa shape index (κ3) is 3.86. The van der Waals surface area contributed by atoms with Gasteiger partial charge in [-0.05, 0) is 30.7 Å². The molecule has 0 saturated carbocycles. The van der Waals surface area contributed by atoms with Crippen LogP contribution in [0.25, 0.3) is 22.4 Å². The van der Waals surface area contributed by atoms with Crippen LogP contribution in [0.15, 0.2) is 42.9 Å². The van der Waals surface area contributed by atoms with E-state index >= 15 is 0 Å². The third-order valence-corrected chi connectivity index (χ3v) is 5.11. The fourth-order valence-electron chi connectivity index (χ4n) is 3.54. The van der Waals surface area contributed by atoms with Gasteiger partial charge in [0, 0.05) is 36.0 Å². The minimum Gasteiger partial charge on any atom is -0.384 e. The molecule has 0 radical (unpaired) electrons. The van der Waals surface area contributed by atoms with Crippen molar-refractivity contribution in [1.29, 1.82) is 0 Å². The van der Waals surface area contributed by atoms with Crippen molar-refractivity contribution in [1.82, 2.24) is 19.9 Å². The van der Waals surface area contributed by atoms with Gasteiger partial charge >= 0.3 is 0 Å². The molecule has 0 spiro atoms. The monoisotopic (exact) mass is 407 g/mol. The molecule has 2 N–H and O–H groups in total. The topological polar surface area (TPSA) is 94.2 Å². The second kappa shape index (κ2) is 8.54. The maximum atomic E-state index is 15.0. The number of nitrogen functional groups attached to an aromatic ring is 1. The molecular formula is C22H22FN5O2. The zero-order valence-corrected chi connectivity index (χ0v) is 16.6. The van der Waals surface area contributed by atoms with Crippen molar-refractivity contribution >= 4 is 11.7 Å². The standard InChI is InChI=1S/C22H22FN5O2/c1-2-18-20(15-4-6-19(24)25-12-15)21(27-13-26-18)14-3-5-16(17(23)11-14)22(29)28-7-9-30-10-8-28/h3-6,11-13H,2,7-10H2,1H3,(H2,24,25). The van der Waals surface area contributed by atoms with Gasteiger partial charge in [0.25, 0.3) is 5.91 Å². The van der Waals surface area contributed by atoms with Crippen LogP contribution in [0.5, 0.6) is 0 Å². The first-order valence-electron chi connectivity index (χ1n) is 9.81. The summed E-state index contributed by atoms with van der Waals surface area (Å²) in [5, 5.41) is 0. The lowest BCUT2D eigenvalue weighted by atomic mass is 9.97. The van der Waals surface area contributed by atoms with Crippen molar-refractivity contribution < 1.29 is 13.9 Å². The van der Waals surface area contributed by atoms with Crippen LogP contribution >= 0.6 is 0 Å². The number of hydrogen-bond donors (Lipinski definition) is 1. The van der Waals surface area contributed by atoms with Gasteiger partial charge < -0.3 is 15.4 Å². The van der Waals surface area contributed by atoms with E-state index in [1.807, 2.05) is 13.0 Å². The summed E-state index contributed by atoms with van der Waals surface area (Å²) >= 11 is 0. The minimum absolute atomic E-state index is 0.0427. The first kappa shape index (κ1) is 19.9. The Morgan fingerprint density at radius 2 is 1.90 bits per heavy atom. The van der Waals surface area contributed by atoms with E-state index in [1.54, 1.807) is 23.2 Å². The highest BCUT2D eigenvalue weighted by atomic mass is 19.1. The summed E-state index contributed by atoms with van der Waals surface area (Å²) in [6.07, 6.45) is 3.79. The minimum atomic E-state index is -0.581. The Kier molecular flexibility index (Phi) is 5.67. The van der Waals surface area contributed by atoms with E-state index in [-0.39, 0.29) is 11.5 Å². The number of morpholine rings is 1. The molecule has 30 heavy (non-hydrogen) atoms. The number of anilines is 1. The predicted molar refractivity (Wildman–Crippen MR) is 111 cm³/mol. The van der Waals surface area contributed by atoms with Gasteiger partial charge in [0.1, 0.15) is 18.0 Å². The summed E-state index contributed by atoms with van der Waals surface area (Å²) in [4.78, 5) is 27.2. The van der Waals surface area contributed by atoms with E-state index in [0.29, 0.717) is 49.8 Å². The molecule has 4 rings (SSSR count). The summed E-state index contributed by atoms with van der Waals surface area (Å²) in [6.45, 7) is 3.83. The summed E-state index contributed by atoms with van der Waals surface area (Å²) < 4.78 is 20.2. The fourth-order valence-corrected chi connectivity index (χ4v) is 3.54. The van der Waals surface area contributed by atoms with Crippen molar-refractivity contribution in [2.45, 2.75) is 13.3 Å². The Hall–Kier alpha value is -3.39. The first-order valence-corrected chi connectivity index (χ1v) is 9.81. The molecule has 1 amide bonds. The zero-order chi connectivity index (χ0) is 21.1. The van der Waals surface area contributed by atoms with Gasteiger partial charge in [0.15, 0.2) is 0 Å². The van der Waals surface area contributed by atoms with Crippen LogP contribution in [0.3, 0.4) is 0 Å². The molecule has 1 aliphatic heterocycles. The van der Waals surface area contributed by atoms with Crippen molar-refractivity contribution in [2.75, 3.05) is 32.0 Å². The van der Waals surface area contributed by atoms with Crippen molar-refractivity contribution in [3.8, 4) is 22.4 Å². The van der Waals surface area contributed by atoms with Crippen LogP contribution in [0, 0.1) is 5.82 Å². The molecule has 0 bridgehead atoms. The fraction of sp³-hybridized carbons (Fsp3) is 0.273. The molecule has 0 aliphatic carbocycles. The summed E-state index contributed by atoms with van der Waals surface area (Å²) in [5.74, 6) is -0.503. The Balaban J connectivity index is 1.75. The van der Waals surface area contributed by atoms with Crippen LogP contribution in [0.2, 0.25) is 0 Å². The molecule has 2 aromatic heterocycles. The van der Waals surface area contributed by atoms with Crippen LogP contribution in [0.1, 0.15) is 23.0 Å². The number of benzene rings is 1. The second-order valence-corrected chi connectivity index (χ2v) is 6.97. The number of amides is 1. The van der Waals surface area contributed by atoms with E-state index in [1.165, 1.54) is 18.5 Å². The van der Waals surface area contributed by atoms with E-state index in [2.05, 4.69) is 15.0 Å². The van der Waals surface area contributed by atoms with Crippen LogP contribution in [0.4, 0.5) is 10.2 Å². The highest BCUT2D eigenvalue weighted by Crippen LogP contribution is 2.33. The molecule has 1 aromatic carbocycles. The second-order valence-electron chi connectivity index (χ2n) is 6.97. The van der Waals surface area contributed by atoms with Gasteiger partial charge in [0.2, 0.25) is 0 Å². The average Bonchev–Trinajstić information content (AvgIpc) is 2.79. The van der Waals surface area contributed by atoms with Gasteiger partial charge in [0.05, 0.1) is 30.2 Å². The first-order chi connectivity index (χ1) is 14.6. The maximum Gasteiger partial charge on any atom is 0.256 e. The van der Waals surface area contributed by atoms with Gasteiger partial charge in [-0.15, -0.1) is 0 Å². The number of aromatic nitrogens is 3. The highest BCUT2D eigenvalue weighted by molar-refractivity contribution is 5.95. The summed E-state index contributed by atoms with van der Waals surface area (Å²) in [7, 11) is 0. The van der Waals surface area contributed by atoms with Gasteiger partial charge in [-0.3, -0.25) is 4.79 Å². The number of nitrogens with zero attached hydrogens (tertiary/aromatic N) is 4. The lowest BCUT2D eigenvalue weighted by Gasteiger charge is -2.27. The molecule has 1 aliphatic rings. The van der Waals surface area contributed by atoms with E-state index in [9.17, 15) is 9.18 Å². The number of ether oxygens (including phenoxy) is 1. The molecule has 1 saturated heterocycles. The molecule has 0 atom stereocenters. The molecule has 7 nitrogen and oxygen atoms in total. The average molecular weight is 407 g/mol. The van der Waals surface area contributed by atoms with E-state index in [0.717, 1.165) is 16.8 Å². The molecule has 1 fully saturated rings. The van der Waals surface area contributed by atoms with Crippen molar-refractivity contribution in [3.05, 3.63) is 59.9 Å². The normalized spacial score (nSPS) is 14.0. The van der Waals surface area contributed by atoms with Gasteiger partial charge in [-0.25, -0.2) is 19.3 Å². The molecule has 154 valence electrons. The lowest BCUT2D eigenvalue weighted by molar-refractivity contribution is 0.0300. The quantitative estimate of drug-likeness (QED) is 0.715. The smallest absolute Gasteiger partial charge is 0.256 e. The molecule has 0 unspecified atom stereocenters.